The predicted molar refractivity (Wildman–Crippen MR) is 118 cm³/mol. The molecule has 0 spiro atoms. The lowest BCUT2D eigenvalue weighted by molar-refractivity contribution is 0.150. The molecule has 0 unspecified atom stereocenters. The molecule has 1 fully saturated rings. The van der Waals surface area contributed by atoms with Gasteiger partial charge in [0.25, 0.3) is 11.4 Å². The van der Waals surface area contributed by atoms with E-state index in [0.29, 0.717) is 35.3 Å². The van der Waals surface area contributed by atoms with Crippen LogP contribution in [0.5, 0.6) is 17.4 Å². The van der Waals surface area contributed by atoms with Gasteiger partial charge >= 0.3 is 6.09 Å². The number of carbonyl (C=O) groups is 1. The van der Waals surface area contributed by atoms with Gasteiger partial charge in [-0.05, 0) is 24.5 Å². The number of nitrogens with zero attached hydrogens (tertiary/aromatic N) is 5. The zero-order chi connectivity index (χ0) is 24.4. The summed E-state index contributed by atoms with van der Waals surface area (Å²) in [7, 11) is 4.30. The van der Waals surface area contributed by atoms with Crippen LogP contribution >= 0.6 is 0 Å². The molecule has 1 aliphatic carbocycles. The van der Waals surface area contributed by atoms with Crippen molar-refractivity contribution in [1.82, 2.24) is 24.6 Å². The highest BCUT2D eigenvalue weighted by Crippen LogP contribution is 2.39. The molecule has 4 rings (SSSR count). The number of methoxy groups -OCH3 is 2. The Morgan fingerprint density at radius 2 is 1.91 bits per heavy atom. The van der Waals surface area contributed by atoms with Crippen LogP contribution in [0.25, 0.3) is 17.1 Å². The molecule has 0 radical (unpaired) electrons. The maximum Gasteiger partial charge on any atom is 0.407 e. The molecule has 1 aromatic carbocycles. The Morgan fingerprint density at radius 3 is 2.50 bits per heavy atom. The van der Waals surface area contributed by atoms with Gasteiger partial charge in [-0.1, -0.05) is 18.9 Å². The molecule has 12 nitrogen and oxygen atoms in total. The molecule has 1 saturated carbocycles. The van der Waals surface area contributed by atoms with Gasteiger partial charge < -0.3 is 29.0 Å². The van der Waals surface area contributed by atoms with E-state index in [1.54, 1.807) is 18.2 Å². The number of hydrogen-bond acceptors (Lipinski definition) is 9. The zero-order valence-corrected chi connectivity index (χ0v) is 19.0. The SMILES string of the molecule is COc1cccc(OC)c1-n1c(CCC2CC2)nc(=O)c(-c2nnc(CN(C)C(=O)O)o2)c1O. The topological polar surface area (TPSA) is 153 Å². The molecule has 2 heterocycles. The maximum atomic E-state index is 13.0. The first-order valence-electron chi connectivity index (χ1n) is 10.7. The third kappa shape index (κ3) is 4.51. The number of amides is 1. The molecule has 12 heteroatoms. The minimum atomic E-state index is -1.19. The molecule has 0 bridgehead atoms. The summed E-state index contributed by atoms with van der Waals surface area (Å²) < 4.78 is 17.9. The van der Waals surface area contributed by atoms with Crippen molar-refractivity contribution < 1.29 is 28.9 Å². The van der Waals surface area contributed by atoms with Crippen LogP contribution in [-0.4, -0.2) is 62.2 Å². The molecule has 0 saturated heterocycles. The second-order valence-corrected chi connectivity index (χ2v) is 8.00. The number of hydrogen-bond donors (Lipinski definition) is 2. The normalized spacial score (nSPS) is 13.0. The monoisotopic (exact) mass is 471 g/mol. The van der Waals surface area contributed by atoms with Gasteiger partial charge in [-0.2, -0.15) is 4.98 Å². The molecule has 3 aromatic rings. The highest BCUT2D eigenvalue weighted by atomic mass is 16.5. The molecule has 0 atom stereocenters. The summed E-state index contributed by atoms with van der Waals surface area (Å²) in [6.45, 7) is -0.190. The number of aromatic hydroxyl groups is 1. The van der Waals surface area contributed by atoms with Crippen LogP contribution in [0.15, 0.2) is 27.4 Å². The lowest BCUT2D eigenvalue weighted by atomic mass is 10.1. The van der Waals surface area contributed by atoms with E-state index in [-0.39, 0.29) is 23.9 Å². The number of para-hydroxylation sites is 1. The van der Waals surface area contributed by atoms with Gasteiger partial charge in [-0.3, -0.25) is 9.36 Å². The third-order valence-electron chi connectivity index (χ3n) is 5.62. The van der Waals surface area contributed by atoms with Crippen LogP contribution in [-0.2, 0) is 13.0 Å². The Hall–Kier alpha value is -4.09. The number of ether oxygens (including phenoxy) is 2. The van der Waals surface area contributed by atoms with Gasteiger partial charge in [0, 0.05) is 13.5 Å². The number of benzene rings is 1. The summed E-state index contributed by atoms with van der Waals surface area (Å²) in [6, 6.07) is 5.14. The average molecular weight is 471 g/mol. The lowest BCUT2D eigenvalue weighted by Crippen LogP contribution is -2.24. The van der Waals surface area contributed by atoms with Crippen molar-refractivity contribution in [1.29, 1.82) is 0 Å². The smallest absolute Gasteiger partial charge is 0.407 e. The lowest BCUT2D eigenvalue weighted by Gasteiger charge is -2.20. The van der Waals surface area contributed by atoms with Crippen LogP contribution in [0.1, 0.15) is 31.0 Å². The van der Waals surface area contributed by atoms with E-state index >= 15 is 0 Å². The average Bonchev–Trinajstić information content (AvgIpc) is 3.54. The summed E-state index contributed by atoms with van der Waals surface area (Å²) in [5.74, 6) is 0.914. The number of carboxylic acid groups (broad SMARTS) is 1. The van der Waals surface area contributed by atoms with Crippen LogP contribution < -0.4 is 15.0 Å². The van der Waals surface area contributed by atoms with Gasteiger partial charge in [0.15, 0.2) is 5.56 Å². The Morgan fingerprint density at radius 1 is 1.24 bits per heavy atom. The fraction of sp³-hybridized carbons (Fsp3) is 0.409. The molecule has 2 N–H and O–H groups in total. The van der Waals surface area contributed by atoms with E-state index in [0.717, 1.165) is 24.2 Å². The van der Waals surface area contributed by atoms with Gasteiger partial charge in [-0.25, -0.2) is 4.79 Å². The first-order valence-corrected chi connectivity index (χ1v) is 10.7. The Bertz CT molecular complexity index is 1240. The standard InChI is InChI=1S/C22H25N5O7/c1-26(22(30)31)11-16-24-25-20(34-16)17-19(28)23-15(10-9-12-7-8-12)27(21(17)29)18-13(32-2)5-4-6-14(18)33-3/h4-6,12,29H,7-11H2,1-3H3,(H,30,31). The highest BCUT2D eigenvalue weighted by Gasteiger charge is 2.28. The van der Waals surface area contributed by atoms with Crippen molar-refractivity contribution in [2.24, 2.45) is 5.92 Å². The Kier molecular flexibility index (Phi) is 6.39. The first kappa shape index (κ1) is 23.1. The Labute approximate surface area is 194 Å². The van der Waals surface area contributed by atoms with E-state index < -0.39 is 17.5 Å². The van der Waals surface area contributed by atoms with Gasteiger partial charge in [0.1, 0.15) is 29.6 Å². The van der Waals surface area contributed by atoms with Crippen molar-refractivity contribution in [2.45, 2.75) is 32.2 Å². The molecule has 1 amide bonds. The molecule has 0 aliphatic heterocycles. The summed E-state index contributed by atoms with van der Waals surface area (Å²) in [4.78, 5) is 29.2. The van der Waals surface area contributed by atoms with Crippen molar-refractivity contribution in [2.75, 3.05) is 21.3 Å². The predicted octanol–water partition coefficient (Wildman–Crippen LogP) is 2.46. The minimum Gasteiger partial charge on any atom is -0.494 e. The largest absolute Gasteiger partial charge is 0.494 e. The third-order valence-corrected chi connectivity index (χ3v) is 5.62. The fourth-order valence-electron chi connectivity index (χ4n) is 3.62. The summed E-state index contributed by atoms with van der Waals surface area (Å²) in [6.07, 6.45) is 2.33. The summed E-state index contributed by atoms with van der Waals surface area (Å²) in [5, 5.41) is 28.0. The van der Waals surface area contributed by atoms with Crippen molar-refractivity contribution in [3.8, 4) is 34.5 Å². The van der Waals surface area contributed by atoms with E-state index in [4.69, 9.17) is 19.0 Å². The maximum absolute atomic E-state index is 13.0. The number of rotatable bonds is 9. The van der Waals surface area contributed by atoms with Gasteiger partial charge in [0.05, 0.1) is 14.2 Å². The minimum absolute atomic E-state index is 0.0436. The molecular weight excluding hydrogens is 446 g/mol. The quantitative estimate of drug-likeness (QED) is 0.476. The zero-order valence-electron chi connectivity index (χ0n) is 19.0. The van der Waals surface area contributed by atoms with Crippen LogP contribution in [0, 0.1) is 5.92 Å². The van der Waals surface area contributed by atoms with E-state index in [9.17, 15) is 14.7 Å². The number of aryl methyl sites for hydroxylation is 1. The molecule has 34 heavy (non-hydrogen) atoms. The summed E-state index contributed by atoms with van der Waals surface area (Å²) >= 11 is 0. The van der Waals surface area contributed by atoms with Gasteiger partial charge in [-0.15, -0.1) is 10.2 Å². The second kappa shape index (κ2) is 9.41. The molecule has 180 valence electrons. The molecular formula is C22H25N5O7. The van der Waals surface area contributed by atoms with E-state index in [1.165, 1.54) is 25.8 Å². The molecule has 1 aliphatic rings. The van der Waals surface area contributed by atoms with Crippen molar-refractivity contribution in [3.05, 3.63) is 40.3 Å². The van der Waals surface area contributed by atoms with E-state index in [2.05, 4.69) is 15.2 Å². The Balaban J connectivity index is 1.87. The van der Waals surface area contributed by atoms with Crippen LogP contribution in [0.2, 0.25) is 0 Å². The first-order chi connectivity index (χ1) is 16.3. The van der Waals surface area contributed by atoms with Crippen LogP contribution in [0.3, 0.4) is 0 Å². The fourth-order valence-corrected chi connectivity index (χ4v) is 3.62. The van der Waals surface area contributed by atoms with E-state index in [1.807, 2.05) is 0 Å². The van der Waals surface area contributed by atoms with Gasteiger partial charge in [0.2, 0.25) is 11.8 Å². The molecule has 2 aromatic heterocycles. The summed E-state index contributed by atoms with van der Waals surface area (Å²) in [5.41, 5.74) is -0.676. The van der Waals surface area contributed by atoms with Crippen LogP contribution in [0.4, 0.5) is 4.79 Å². The number of aromatic nitrogens is 4. The van der Waals surface area contributed by atoms with Crippen molar-refractivity contribution in [3.63, 3.8) is 0 Å². The highest BCUT2D eigenvalue weighted by molar-refractivity contribution is 5.66. The van der Waals surface area contributed by atoms with Crippen molar-refractivity contribution >= 4 is 6.09 Å². The second-order valence-electron chi connectivity index (χ2n) is 8.00.